The first-order valence-corrected chi connectivity index (χ1v) is 16.8. The minimum atomic E-state index is -1.33. The summed E-state index contributed by atoms with van der Waals surface area (Å²) in [5.74, 6) is -1.16. The summed E-state index contributed by atoms with van der Waals surface area (Å²) < 4.78 is 0. The Morgan fingerprint density at radius 2 is 1.12 bits per heavy atom. The van der Waals surface area contributed by atoms with Gasteiger partial charge in [-0.25, -0.2) is 4.79 Å². The molecule has 9 heteroatoms. The molecule has 4 aromatic carbocycles. The van der Waals surface area contributed by atoms with E-state index in [0.717, 1.165) is 51.4 Å². The van der Waals surface area contributed by atoms with Crippen molar-refractivity contribution in [1.29, 1.82) is 5.41 Å². The van der Waals surface area contributed by atoms with E-state index in [1.54, 1.807) is 0 Å². The quantitative estimate of drug-likeness (QED) is 0.104. The molecule has 2 heterocycles. The van der Waals surface area contributed by atoms with Gasteiger partial charge in [0.15, 0.2) is 0 Å². The zero-order chi connectivity index (χ0) is 33.4. The molecule has 2 fully saturated rings. The van der Waals surface area contributed by atoms with Gasteiger partial charge in [-0.3, -0.25) is 24.8 Å². The third-order valence-electron chi connectivity index (χ3n) is 10.4. The maximum Gasteiger partial charge on any atom is 0.336 e. The predicted molar refractivity (Wildman–Crippen MR) is 187 cm³/mol. The maximum atomic E-state index is 14.0. The summed E-state index contributed by atoms with van der Waals surface area (Å²) in [6.45, 7) is 0. The highest BCUT2D eigenvalue weighted by Crippen LogP contribution is 2.36. The van der Waals surface area contributed by atoms with Crippen LogP contribution in [-0.2, 0) is 0 Å². The number of carboxylic acids is 1. The van der Waals surface area contributed by atoms with Crippen LogP contribution in [0, 0.1) is 5.41 Å². The Bertz CT molecular complexity index is 2110. The predicted octanol–water partition coefficient (Wildman–Crippen LogP) is 6.28. The summed E-state index contributed by atoms with van der Waals surface area (Å²) in [5.41, 5.74) is 0.941. The highest BCUT2D eigenvalue weighted by molar-refractivity contribution is 6.27. The second-order valence-electron chi connectivity index (χ2n) is 13.3. The lowest BCUT2D eigenvalue weighted by Crippen LogP contribution is -2.39. The molecule has 0 atom stereocenters. The minimum Gasteiger partial charge on any atom is -0.478 e. The van der Waals surface area contributed by atoms with Crippen molar-refractivity contribution in [3.05, 3.63) is 127 Å². The molecule has 2 saturated carbocycles. The van der Waals surface area contributed by atoms with E-state index in [4.69, 9.17) is 5.41 Å². The van der Waals surface area contributed by atoms with E-state index in [-0.39, 0.29) is 56.2 Å². The molecule has 2 bridgehead atoms. The van der Waals surface area contributed by atoms with Gasteiger partial charge in [0, 0.05) is 44.8 Å². The number of nitrogens with one attached hydrogen (secondary N) is 4. The highest BCUT2D eigenvalue weighted by Gasteiger charge is 2.30. The van der Waals surface area contributed by atoms with E-state index >= 15 is 0 Å². The largest absolute Gasteiger partial charge is 0.478 e. The van der Waals surface area contributed by atoms with Crippen molar-refractivity contribution in [3.8, 4) is 0 Å². The van der Waals surface area contributed by atoms with Gasteiger partial charge in [-0.2, -0.15) is 0 Å². The molecule has 244 valence electrons. The Morgan fingerprint density at radius 1 is 0.646 bits per heavy atom. The minimum absolute atomic E-state index is 0.00398. The van der Waals surface area contributed by atoms with Crippen molar-refractivity contribution in [3.63, 3.8) is 0 Å². The van der Waals surface area contributed by atoms with Crippen LogP contribution in [0.1, 0.15) is 101 Å². The standard InChI is InChI=1S/C39H38N4O5/c40-35(41-26-15-11-24(12-16-26)22-7-3-1-4-8-22)34-31(39(47)48)21-30(32-28-19-20-29(33(32)34)37(45)43-36(28)44)38(46)42-27-17-13-25(14-18-27)23-9-5-2-6-10-23/h1-10,19-21,24-27H,11-18H2,(H2,40,41)(H,42,46)(H,47,48)(H,43,44,45)/t24-,25-,26-,27-. The number of benzene rings is 4. The van der Waals surface area contributed by atoms with Crippen molar-refractivity contribution in [2.75, 3.05) is 0 Å². The molecule has 0 spiro atoms. The number of carboxylic acid groups (broad SMARTS) is 1. The number of H-pyrrole nitrogens is 1. The third kappa shape index (κ3) is 5.96. The molecule has 9 nitrogen and oxygen atoms in total. The molecular formula is C39H38N4O5. The average molecular weight is 643 g/mol. The average Bonchev–Trinajstić information content (AvgIpc) is 3.31. The Hall–Kier alpha value is -5.31. The number of hydrogen-bond donors (Lipinski definition) is 5. The van der Waals surface area contributed by atoms with Crippen LogP contribution in [0.3, 0.4) is 0 Å². The normalized spacial score (nSPS) is 21.2. The summed E-state index contributed by atoms with van der Waals surface area (Å²) in [6.07, 6.45) is 6.71. The van der Waals surface area contributed by atoms with Gasteiger partial charge in [0.25, 0.3) is 17.0 Å². The Labute approximate surface area is 277 Å². The first-order valence-electron chi connectivity index (χ1n) is 16.8. The monoisotopic (exact) mass is 642 g/mol. The number of fused-ring (bicyclic) bond motifs is 3. The number of aromatic carboxylic acids is 1. The number of aromatic amines is 1. The van der Waals surface area contributed by atoms with Crippen molar-refractivity contribution in [1.82, 2.24) is 15.6 Å². The highest BCUT2D eigenvalue weighted by atomic mass is 16.4. The van der Waals surface area contributed by atoms with Crippen LogP contribution in [0.4, 0.5) is 0 Å². The molecular weight excluding hydrogens is 604 g/mol. The fourth-order valence-electron chi connectivity index (χ4n) is 7.92. The number of carbonyl (C=O) groups is 2. The van der Waals surface area contributed by atoms with E-state index in [0.29, 0.717) is 11.8 Å². The molecule has 0 unspecified atom stereocenters. The number of hydrogen-bond acceptors (Lipinski definition) is 5. The van der Waals surface area contributed by atoms with Gasteiger partial charge in [0.1, 0.15) is 5.84 Å². The van der Waals surface area contributed by atoms with Crippen LogP contribution in [0.2, 0.25) is 0 Å². The van der Waals surface area contributed by atoms with Crippen LogP contribution in [0.15, 0.2) is 88.5 Å². The van der Waals surface area contributed by atoms with Crippen LogP contribution < -0.4 is 21.8 Å². The van der Waals surface area contributed by atoms with Gasteiger partial charge in [0.2, 0.25) is 0 Å². The number of rotatable bonds is 7. The number of amidine groups is 1. The lowest BCUT2D eigenvalue weighted by atomic mass is 9.81. The fraction of sp³-hybridized carbons (Fsp3) is 0.308. The van der Waals surface area contributed by atoms with Crippen LogP contribution in [0.25, 0.3) is 21.5 Å². The van der Waals surface area contributed by atoms with Crippen LogP contribution in [-0.4, -0.2) is 39.9 Å². The maximum absolute atomic E-state index is 14.0. The van der Waals surface area contributed by atoms with E-state index < -0.39 is 23.0 Å². The lowest BCUT2D eigenvalue weighted by molar-refractivity contribution is 0.0696. The lowest BCUT2D eigenvalue weighted by Gasteiger charge is -2.31. The molecule has 8 rings (SSSR count). The molecule has 2 aromatic heterocycles. The SMILES string of the molecule is N=C(N[C@H]1CC[C@H](c2ccccc2)CC1)c1c(C(=O)O)cc(C(=O)N[C@H]2CC[C@H](c3ccccc3)CC2)c2c3ccc(c(=O)[nH]c3=O)c12. The fourth-order valence-corrected chi connectivity index (χ4v) is 7.92. The Balaban J connectivity index is 1.22. The second-order valence-corrected chi connectivity index (χ2v) is 13.3. The summed E-state index contributed by atoms with van der Waals surface area (Å²) in [5, 5.41) is 26.4. The van der Waals surface area contributed by atoms with E-state index in [1.807, 2.05) is 36.4 Å². The molecule has 0 saturated heterocycles. The molecule has 0 radical (unpaired) electrons. The second kappa shape index (κ2) is 13.1. The third-order valence-corrected chi connectivity index (χ3v) is 10.4. The first-order chi connectivity index (χ1) is 23.3. The summed E-state index contributed by atoms with van der Waals surface area (Å²) >= 11 is 0. The van der Waals surface area contributed by atoms with Crippen molar-refractivity contribution >= 4 is 39.3 Å². The smallest absolute Gasteiger partial charge is 0.336 e. The molecule has 5 N–H and O–H groups in total. The number of aromatic nitrogens is 1. The number of amides is 1. The zero-order valence-corrected chi connectivity index (χ0v) is 26.6. The first kappa shape index (κ1) is 31.3. The van der Waals surface area contributed by atoms with Crippen molar-refractivity contribution in [2.24, 2.45) is 0 Å². The van der Waals surface area contributed by atoms with Gasteiger partial charge >= 0.3 is 5.97 Å². The summed E-state index contributed by atoms with van der Waals surface area (Å²) in [4.78, 5) is 55.6. The van der Waals surface area contributed by atoms with Crippen LogP contribution in [0.5, 0.6) is 0 Å². The van der Waals surface area contributed by atoms with Crippen molar-refractivity contribution in [2.45, 2.75) is 75.3 Å². The molecule has 48 heavy (non-hydrogen) atoms. The van der Waals surface area contributed by atoms with E-state index in [9.17, 15) is 24.3 Å². The Kier molecular flexibility index (Phi) is 8.52. The van der Waals surface area contributed by atoms with Crippen molar-refractivity contribution < 1.29 is 14.7 Å². The molecule has 2 aliphatic rings. The number of carbonyl (C=O) groups excluding carboxylic acids is 1. The Morgan fingerprint density at radius 3 is 1.62 bits per heavy atom. The van der Waals surface area contributed by atoms with E-state index in [1.165, 1.54) is 29.3 Å². The van der Waals surface area contributed by atoms with Gasteiger partial charge in [0.05, 0.1) is 5.56 Å². The molecule has 6 aromatic rings. The van der Waals surface area contributed by atoms with Gasteiger partial charge in [-0.15, -0.1) is 0 Å². The molecule has 0 aliphatic heterocycles. The van der Waals surface area contributed by atoms with Gasteiger partial charge in [-0.1, -0.05) is 60.7 Å². The van der Waals surface area contributed by atoms with Gasteiger partial charge < -0.3 is 15.7 Å². The van der Waals surface area contributed by atoms with Crippen LogP contribution >= 0.6 is 0 Å². The molecule has 1 amide bonds. The van der Waals surface area contributed by atoms with Gasteiger partial charge in [-0.05, 0) is 92.5 Å². The summed E-state index contributed by atoms with van der Waals surface area (Å²) in [6, 6.07) is 24.7. The zero-order valence-electron chi connectivity index (χ0n) is 26.6. The molecule has 2 aliphatic carbocycles. The van der Waals surface area contributed by atoms with E-state index in [2.05, 4.69) is 39.9 Å². The summed E-state index contributed by atoms with van der Waals surface area (Å²) in [7, 11) is 0. The topological polar surface area (TPSA) is 152 Å².